The Morgan fingerprint density at radius 3 is 2.54 bits per heavy atom. The smallest absolute Gasteiger partial charge is 0.317 e. The second-order valence-corrected chi connectivity index (χ2v) is 7.10. The number of piperazine rings is 1. The van der Waals surface area contributed by atoms with Crippen molar-refractivity contribution < 1.29 is 9.53 Å². The zero-order valence-electron chi connectivity index (χ0n) is 16.2. The van der Waals surface area contributed by atoms with E-state index in [0.717, 1.165) is 65.4 Å². The number of hydrogen-bond donors (Lipinski definition) is 1. The summed E-state index contributed by atoms with van der Waals surface area (Å²) in [6.07, 6.45) is 1.04. The van der Waals surface area contributed by atoms with Crippen molar-refractivity contribution >= 4 is 11.7 Å². The fourth-order valence-corrected chi connectivity index (χ4v) is 3.85. The van der Waals surface area contributed by atoms with Crippen LogP contribution in [0, 0.1) is 6.92 Å². The largest absolute Gasteiger partial charge is 0.379 e. The molecule has 2 amide bonds. The van der Waals surface area contributed by atoms with Gasteiger partial charge < -0.3 is 19.9 Å². The molecule has 0 spiro atoms. The Labute approximate surface area is 157 Å². The third-order valence-corrected chi connectivity index (χ3v) is 5.39. The quantitative estimate of drug-likeness (QED) is 0.869. The van der Waals surface area contributed by atoms with Gasteiger partial charge in [-0.15, -0.1) is 0 Å². The molecule has 6 nitrogen and oxygen atoms in total. The predicted molar refractivity (Wildman–Crippen MR) is 105 cm³/mol. The van der Waals surface area contributed by atoms with E-state index in [1.807, 2.05) is 4.90 Å². The van der Waals surface area contributed by atoms with E-state index < -0.39 is 0 Å². The number of nitrogens with zero attached hydrogens (tertiary/aromatic N) is 3. The van der Waals surface area contributed by atoms with Crippen LogP contribution in [0.4, 0.5) is 10.5 Å². The maximum Gasteiger partial charge on any atom is 0.317 e. The molecule has 1 N–H and O–H groups in total. The molecule has 144 valence electrons. The molecule has 0 atom stereocenters. The Morgan fingerprint density at radius 1 is 1.12 bits per heavy atom. The molecule has 6 heteroatoms. The van der Waals surface area contributed by atoms with Crippen molar-refractivity contribution in [1.29, 1.82) is 0 Å². The minimum atomic E-state index is 0.0680. The summed E-state index contributed by atoms with van der Waals surface area (Å²) < 4.78 is 5.35. The van der Waals surface area contributed by atoms with Gasteiger partial charge in [-0.25, -0.2) is 4.79 Å². The molecule has 0 unspecified atom stereocenters. The van der Waals surface area contributed by atoms with Crippen molar-refractivity contribution in [2.75, 3.05) is 70.5 Å². The Kier molecular flexibility index (Phi) is 6.74. The summed E-state index contributed by atoms with van der Waals surface area (Å²) in [6, 6.07) is 6.60. The van der Waals surface area contributed by atoms with Crippen LogP contribution in [0.2, 0.25) is 0 Å². The van der Waals surface area contributed by atoms with E-state index in [0.29, 0.717) is 6.54 Å². The van der Waals surface area contributed by atoms with E-state index in [2.05, 4.69) is 47.2 Å². The summed E-state index contributed by atoms with van der Waals surface area (Å²) in [5, 5.41) is 3.07. The SMILES string of the molecule is CCc1cccc(C)c1N1CCN(C(=O)NCCN2CCOCC2)CC1. The van der Waals surface area contributed by atoms with Gasteiger partial charge in [-0.1, -0.05) is 25.1 Å². The monoisotopic (exact) mass is 360 g/mol. The van der Waals surface area contributed by atoms with Crippen LogP contribution >= 0.6 is 0 Å². The molecule has 2 heterocycles. The number of carbonyl (C=O) groups excluding carboxylic acids is 1. The average molecular weight is 361 g/mol. The molecule has 0 radical (unpaired) electrons. The number of carbonyl (C=O) groups is 1. The van der Waals surface area contributed by atoms with E-state index in [-0.39, 0.29) is 6.03 Å². The van der Waals surface area contributed by atoms with Crippen molar-refractivity contribution in [3.8, 4) is 0 Å². The van der Waals surface area contributed by atoms with Crippen molar-refractivity contribution in [3.05, 3.63) is 29.3 Å². The molecule has 0 aromatic heterocycles. The molecule has 2 aliphatic heterocycles. The Bertz CT molecular complexity index is 593. The van der Waals surface area contributed by atoms with Crippen molar-refractivity contribution in [3.63, 3.8) is 0 Å². The van der Waals surface area contributed by atoms with Gasteiger partial charge >= 0.3 is 6.03 Å². The fourth-order valence-electron chi connectivity index (χ4n) is 3.85. The molecule has 0 aliphatic carbocycles. The summed E-state index contributed by atoms with van der Waals surface area (Å²) in [5.41, 5.74) is 4.09. The number of anilines is 1. The minimum Gasteiger partial charge on any atom is -0.379 e. The molecule has 2 saturated heterocycles. The van der Waals surface area contributed by atoms with Crippen molar-refractivity contribution in [1.82, 2.24) is 15.1 Å². The lowest BCUT2D eigenvalue weighted by Crippen LogP contribution is -2.53. The number of para-hydroxylation sites is 1. The summed E-state index contributed by atoms with van der Waals surface area (Å²) in [6.45, 7) is 12.9. The van der Waals surface area contributed by atoms with Gasteiger partial charge in [0.15, 0.2) is 0 Å². The number of rotatable bonds is 5. The maximum absolute atomic E-state index is 12.4. The molecular formula is C20H32N4O2. The zero-order valence-corrected chi connectivity index (χ0v) is 16.2. The first-order chi connectivity index (χ1) is 12.7. The highest BCUT2D eigenvalue weighted by Crippen LogP contribution is 2.26. The Hall–Kier alpha value is -1.79. The maximum atomic E-state index is 12.4. The standard InChI is InChI=1S/C20H32N4O2/c1-3-18-6-4-5-17(2)19(18)23-9-11-24(12-10-23)20(25)21-7-8-22-13-15-26-16-14-22/h4-6H,3,7-16H2,1-2H3,(H,21,25). The minimum absolute atomic E-state index is 0.0680. The van der Waals surface area contributed by atoms with Gasteiger partial charge in [0.2, 0.25) is 0 Å². The second-order valence-electron chi connectivity index (χ2n) is 7.10. The van der Waals surface area contributed by atoms with Crippen LogP contribution in [-0.2, 0) is 11.2 Å². The molecule has 26 heavy (non-hydrogen) atoms. The fraction of sp³-hybridized carbons (Fsp3) is 0.650. The lowest BCUT2D eigenvalue weighted by atomic mass is 10.0. The summed E-state index contributed by atoms with van der Waals surface area (Å²) in [5.74, 6) is 0. The van der Waals surface area contributed by atoms with Crippen molar-refractivity contribution in [2.24, 2.45) is 0 Å². The molecule has 0 saturated carbocycles. The number of urea groups is 1. The highest BCUT2D eigenvalue weighted by atomic mass is 16.5. The summed E-state index contributed by atoms with van der Waals surface area (Å²) in [7, 11) is 0. The van der Waals surface area contributed by atoms with E-state index in [1.165, 1.54) is 16.8 Å². The number of ether oxygens (including phenoxy) is 1. The third kappa shape index (κ3) is 4.68. The molecule has 1 aromatic rings. The number of benzene rings is 1. The molecule has 1 aromatic carbocycles. The Morgan fingerprint density at radius 2 is 1.85 bits per heavy atom. The number of aryl methyl sites for hydroxylation is 2. The number of nitrogens with one attached hydrogen (secondary N) is 1. The first kappa shape index (κ1) is 19.0. The van der Waals surface area contributed by atoms with Crippen LogP contribution in [0.1, 0.15) is 18.1 Å². The molecule has 2 aliphatic rings. The van der Waals surface area contributed by atoms with Gasteiger partial charge in [-0.2, -0.15) is 0 Å². The first-order valence-corrected chi connectivity index (χ1v) is 9.85. The number of amides is 2. The van der Waals surface area contributed by atoms with Crippen LogP contribution in [0.5, 0.6) is 0 Å². The average Bonchev–Trinajstić information content (AvgIpc) is 2.68. The van der Waals surface area contributed by atoms with E-state index >= 15 is 0 Å². The molecule has 3 rings (SSSR count). The van der Waals surface area contributed by atoms with Crippen LogP contribution < -0.4 is 10.2 Å². The second kappa shape index (κ2) is 9.24. The number of morpholine rings is 1. The highest BCUT2D eigenvalue weighted by Gasteiger charge is 2.23. The first-order valence-electron chi connectivity index (χ1n) is 9.85. The predicted octanol–water partition coefficient (Wildman–Crippen LogP) is 1.72. The van der Waals surface area contributed by atoms with Crippen LogP contribution in [-0.4, -0.2) is 81.4 Å². The highest BCUT2D eigenvalue weighted by molar-refractivity contribution is 5.74. The Balaban J connectivity index is 1.45. The van der Waals surface area contributed by atoms with E-state index in [1.54, 1.807) is 0 Å². The van der Waals surface area contributed by atoms with E-state index in [4.69, 9.17) is 4.74 Å². The van der Waals surface area contributed by atoms with Crippen LogP contribution in [0.15, 0.2) is 18.2 Å². The van der Waals surface area contributed by atoms with Crippen molar-refractivity contribution in [2.45, 2.75) is 20.3 Å². The van der Waals surface area contributed by atoms with Crippen LogP contribution in [0.3, 0.4) is 0 Å². The topological polar surface area (TPSA) is 48.0 Å². The van der Waals surface area contributed by atoms with E-state index in [9.17, 15) is 4.79 Å². The summed E-state index contributed by atoms with van der Waals surface area (Å²) in [4.78, 5) is 19.1. The van der Waals surface area contributed by atoms with Gasteiger partial charge in [0.1, 0.15) is 0 Å². The molecule has 2 fully saturated rings. The normalized spacial score (nSPS) is 18.8. The molecular weight excluding hydrogens is 328 g/mol. The lowest BCUT2D eigenvalue weighted by Gasteiger charge is -2.38. The van der Waals surface area contributed by atoms with Gasteiger partial charge in [-0.05, 0) is 24.5 Å². The van der Waals surface area contributed by atoms with Gasteiger partial charge in [0.05, 0.1) is 13.2 Å². The lowest BCUT2D eigenvalue weighted by molar-refractivity contribution is 0.0386. The molecule has 0 bridgehead atoms. The zero-order chi connectivity index (χ0) is 18.4. The van der Waals surface area contributed by atoms with Gasteiger partial charge in [0, 0.05) is 58.0 Å². The van der Waals surface area contributed by atoms with Gasteiger partial charge in [-0.3, -0.25) is 4.90 Å². The third-order valence-electron chi connectivity index (χ3n) is 5.39. The number of hydrogen-bond acceptors (Lipinski definition) is 4. The summed E-state index contributed by atoms with van der Waals surface area (Å²) >= 11 is 0. The van der Waals surface area contributed by atoms with Crippen LogP contribution in [0.25, 0.3) is 0 Å². The van der Waals surface area contributed by atoms with Gasteiger partial charge in [0.25, 0.3) is 0 Å².